The fraction of sp³-hybridized carbons (Fsp3) is 0.125. The van der Waals surface area contributed by atoms with Crippen molar-refractivity contribution >= 4 is 23.3 Å². The molecule has 0 aliphatic carbocycles. The summed E-state index contributed by atoms with van der Waals surface area (Å²) in [7, 11) is 0. The summed E-state index contributed by atoms with van der Waals surface area (Å²) in [5.74, 6) is -0.779. The van der Waals surface area contributed by atoms with Gasteiger partial charge >= 0.3 is 5.97 Å². The van der Waals surface area contributed by atoms with Crippen molar-refractivity contribution in [3.8, 4) is 5.75 Å². The lowest BCUT2D eigenvalue weighted by Gasteiger charge is -2.09. The molecule has 0 bridgehead atoms. The minimum atomic E-state index is -0.668. The maximum absolute atomic E-state index is 12.4. The molecule has 0 atom stereocenters. The van der Waals surface area contributed by atoms with Gasteiger partial charge in [-0.1, -0.05) is 42.5 Å². The Balaban J connectivity index is 1.43. The van der Waals surface area contributed by atoms with E-state index in [0.717, 1.165) is 5.56 Å². The molecule has 0 aliphatic rings. The standard InChI is InChI=1S/C24H21NO5/c1-17-6-5-9-20(14-17)25-22(26)15-30-23(27)16-29-21-12-10-19(11-13-21)24(28)18-7-3-2-4-8-18/h2-14H,15-16H2,1H3,(H,25,26). The highest BCUT2D eigenvalue weighted by Crippen LogP contribution is 2.15. The first-order valence-electron chi connectivity index (χ1n) is 9.36. The predicted molar refractivity (Wildman–Crippen MR) is 113 cm³/mol. The SMILES string of the molecule is Cc1cccc(NC(=O)COC(=O)COc2ccc(C(=O)c3ccccc3)cc2)c1. The van der Waals surface area contributed by atoms with E-state index in [4.69, 9.17) is 9.47 Å². The summed E-state index contributed by atoms with van der Waals surface area (Å²) in [6, 6.07) is 22.7. The molecule has 1 N–H and O–H groups in total. The number of benzene rings is 3. The number of esters is 1. The third-order valence-electron chi connectivity index (χ3n) is 4.18. The van der Waals surface area contributed by atoms with Gasteiger partial charge < -0.3 is 14.8 Å². The molecule has 0 heterocycles. The Labute approximate surface area is 174 Å². The number of ketones is 1. The number of hydrogen-bond acceptors (Lipinski definition) is 5. The third-order valence-corrected chi connectivity index (χ3v) is 4.18. The molecule has 6 heteroatoms. The van der Waals surface area contributed by atoms with E-state index in [2.05, 4.69) is 5.32 Å². The molecular weight excluding hydrogens is 382 g/mol. The number of carbonyl (C=O) groups excluding carboxylic acids is 3. The Morgan fingerprint density at radius 2 is 1.50 bits per heavy atom. The van der Waals surface area contributed by atoms with E-state index >= 15 is 0 Å². The van der Waals surface area contributed by atoms with Crippen LogP contribution >= 0.6 is 0 Å². The lowest BCUT2D eigenvalue weighted by molar-refractivity contribution is -0.149. The van der Waals surface area contributed by atoms with E-state index in [1.54, 1.807) is 54.6 Å². The fourth-order valence-corrected chi connectivity index (χ4v) is 2.71. The van der Waals surface area contributed by atoms with E-state index in [-0.39, 0.29) is 12.4 Å². The zero-order valence-electron chi connectivity index (χ0n) is 16.5. The van der Waals surface area contributed by atoms with Gasteiger partial charge in [-0.25, -0.2) is 4.79 Å². The highest BCUT2D eigenvalue weighted by molar-refractivity contribution is 6.09. The fourth-order valence-electron chi connectivity index (χ4n) is 2.71. The number of hydrogen-bond donors (Lipinski definition) is 1. The van der Waals surface area contributed by atoms with Crippen LogP contribution in [0.15, 0.2) is 78.9 Å². The molecule has 30 heavy (non-hydrogen) atoms. The number of anilines is 1. The van der Waals surface area contributed by atoms with Gasteiger partial charge in [0.25, 0.3) is 5.91 Å². The summed E-state index contributed by atoms with van der Waals surface area (Å²) >= 11 is 0. The second kappa shape index (κ2) is 10.0. The average Bonchev–Trinajstić information content (AvgIpc) is 2.77. The van der Waals surface area contributed by atoms with E-state index in [9.17, 15) is 14.4 Å². The molecule has 6 nitrogen and oxygen atoms in total. The molecule has 3 aromatic carbocycles. The first-order valence-corrected chi connectivity index (χ1v) is 9.36. The van der Waals surface area contributed by atoms with E-state index < -0.39 is 18.5 Å². The van der Waals surface area contributed by atoms with Gasteiger partial charge in [-0.3, -0.25) is 9.59 Å². The van der Waals surface area contributed by atoms with Crippen LogP contribution in [0.4, 0.5) is 5.69 Å². The smallest absolute Gasteiger partial charge is 0.344 e. The zero-order chi connectivity index (χ0) is 21.3. The molecule has 0 unspecified atom stereocenters. The third kappa shape index (κ3) is 6.04. The molecule has 0 aliphatic heterocycles. The van der Waals surface area contributed by atoms with Crippen molar-refractivity contribution in [3.05, 3.63) is 95.6 Å². The molecule has 0 aromatic heterocycles. The van der Waals surface area contributed by atoms with Crippen molar-refractivity contribution in [2.75, 3.05) is 18.5 Å². The van der Waals surface area contributed by atoms with Gasteiger partial charge in [0.15, 0.2) is 19.0 Å². The Hall–Kier alpha value is -3.93. The van der Waals surface area contributed by atoms with Crippen molar-refractivity contribution in [2.45, 2.75) is 6.92 Å². The summed E-state index contributed by atoms with van der Waals surface area (Å²) in [5.41, 5.74) is 2.76. The molecule has 1 amide bonds. The maximum atomic E-state index is 12.4. The number of carbonyl (C=O) groups is 3. The number of nitrogens with one attached hydrogen (secondary N) is 1. The van der Waals surface area contributed by atoms with Gasteiger partial charge in [0.2, 0.25) is 0 Å². The van der Waals surface area contributed by atoms with Crippen LogP contribution in [0.2, 0.25) is 0 Å². The van der Waals surface area contributed by atoms with Crippen LogP contribution in [0.1, 0.15) is 21.5 Å². The van der Waals surface area contributed by atoms with E-state index in [1.165, 1.54) is 0 Å². The normalized spacial score (nSPS) is 10.2. The molecular formula is C24H21NO5. The van der Waals surface area contributed by atoms with E-state index in [1.807, 2.05) is 31.2 Å². The highest BCUT2D eigenvalue weighted by Gasteiger charge is 2.11. The van der Waals surface area contributed by atoms with Gasteiger partial charge in [0, 0.05) is 16.8 Å². The lowest BCUT2D eigenvalue weighted by atomic mass is 10.0. The first-order chi connectivity index (χ1) is 14.5. The number of ether oxygens (including phenoxy) is 2. The number of aryl methyl sites for hydroxylation is 1. The van der Waals surface area contributed by atoms with Crippen LogP contribution in [0, 0.1) is 6.92 Å². The number of amides is 1. The topological polar surface area (TPSA) is 81.7 Å². The van der Waals surface area contributed by atoms with Crippen molar-refractivity contribution in [2.24, 2.45) is 0 Å². The van der Waals surface area contributed by atoms with Crippen LogP contribution in [0.3, 0.4) is 0 Å². The predicted octanol–water partition coefficient (Wildman–Crippen LogP) is 3.79. The monoisotopic (exact) mass is 403 g/mol. The summed E-state index contributed by atoms with van der Waals surface area (Å²) < 4.78 is 10.3. The zero-order valence-corrected chi connectivity index (χ0v) is 16.5. The molecule has 0 saturated heterocycles. The van der Waals surface area contributed by atoms with Gasteiger partial charge in [0.1, 0.15) is 5.75 Å². The van der Waals surface area contributed by atoms with Crippen LogP contribution in [-0.2, 0) is 14.3 Å². The Kier molecular flexibility index (Phi) is 6.95. The summed E-state index contributed by atoms with van der Waals surface area (Å²) in [5, 5.41) is 2.65. The molecule has 0 spiro atoms. The molecule has 0 saturated carbocycles. The second-order valence-electron chi connectivity index (χ2n) is 6.59. The van der Waals surface area contributed by atoms with Gasteiger partial charge in [-0.2, -0.15) is 0 Å². The van der Waals surface area contributed by atoms with Crippen LogP contribution in [0.5, 0.6) is 5.75 Å². The first kappa shape index (κ1) is 20.8. The maximum Gasteiger partial charge on any atom is 0.344 e. The average molecular weight is 403 g/mol. The molecule has 3 aromatic rings. The Morgan fingerprint density at radius 3 is 2.20 bits per heavy atom. The van der Waals surface area contributed by atoms with E-state index in [0.29, 0.717) is 22.6 Å². The van der Waals surface area contributed by atoms with Crippen LogP contribution in [0.25, 0.3) is 0 Å². The highest BCUT2D eigenvalue weighted by atomic mass is 16.6. The van der Waals surface area contributed by atoms with Gasteiger partial charge in [-0.15, -0.1) is 0 Å². The quantitative estimate of drug-likeness (QED) is 0.457. The second-order valence-corrected chi connectivity index (χ2v) is 6.59. The molecule has 0 fully saturated rings. The lowest BCUT2D eigenvalue weighted by Crippen LogP contribution is -2.23. The Morgan fingerprint density at radius 1 is 0.800 bits per heavy atom. The molecule has 0 radical (unpaired) electrons. The van der Waals surface area contributed by atoms with Gasteiger partial charge in [0.05, 0.1) is 0 Å². The minimum absolute atomic E-state index is 0.0961. The largest absolute Gasteiger partial charge is 0.482 e. The Bertz CT molecular complexity index is 1030. The summed E-state index contributed by atoms with van der Waals surface area (Å²) in [6.07, 6.45) is 0. The van der Waals surface area contributed by atoms with Crippen molar-refractivity contribution < 1.29 is 23.9 Å². The van der Waals surface area contributed by atoms with Crippen molar-refractivity contribution in [1.29, 1.82) is 0 Å². The number of rotatable bonds is 8. The molecule has 152 valence electrons. The molecule has 3 rings (SSSR count). The van der Waals surface area contributed by atoms with Crippen molar-refractivity contribution in [3.63, 3.8) is 0 Å². The van der Waals surface area contributed by atoms with Gasteiger partial charge in [-0.05, 0) is 48.9 Å². The summed E-state index contributed by atoms with van der Waals surface area (Å²) in [6.45, 7) is 1.17. The summed E-state index contributed by atoms with van der Waals surface area (Å²) in [4.78, 5) is 36.0. The van der Waals surface area contributed by atoms with Crippen molar-refractivity contribution in [1.82, 2.24) is 0 Å². The van der Waals surface area contributed by atoms with Crippen LogP contribution in [-0.4, -0.2) is 30.9 Å². The minimum Gasteiger partial charge on any atom is -0.482 e. The van der Waals surface area contributed by atoms with Crippen LogP contribution < -0.4 is 10.1 Å².